The van der Waals surface area contributed by atoms with E-state index in [-0.39, 0.29) is 6.03 Å². The molecule has 106 valence electrons. The molecule has 0 unspecified atom stereocenters. The SMILES string of the molecule is CCCCCCNC(=O)N[C@@H](CCSC)C(=O)O. The average Bonchev–Trinajstić information content (AvgIpc) is 2.33. The molecule has 0 radical (unpaired) electrons. The first-order valence-electron chi connectivity index (χ1n) is 6.38. The fourth-order valence-electron chi connectivity index (χ4n) is 1.46. The second kappa shape index (κ2) is 11.2. The summed E-state index contributed by atoms with van der Waals surface area (Å²) in [6.45, 7) is 2.73. The van der Waals surface area contributed by atoms with Crippen molar-refractivity contribution in [3.8, 4) is 0 Å². The fraction of sp³-hybridized carbons (Fsp3) is 0.833. The van der Waals surface area contributed by atoms with Crippen LogP contribution in [0.1, 0.15) is 39.0 Å². The van der Waals surface area contributed by atoms with Crippen LogP contribution in [0.4, 0.5) is 4.79 Å². The number of carbonyl (C=O) groups excluding carboxylic acids is 1. The molecule has 1 atom stereocenters. The van der Waals surface area contributed by atoms with Crippen molar-refractivity contribution in [1.82, 2.24) is 10.6 Å². The quantitative estimate of drug-likeness (QED) is 0.534. The van der Waals surface area contributed by atoms with E-state index in [2.05, 4.69) is 17.6 Å². The summed E-state index contributed by atoms with van der Waals surface area (Å²) < 4.78 is 0. The van der Waals surface area contributed by atoms with Crippen LogP contribution in [0.2, 0.25) is 0 Å². The maximum atomic E-state index is 11.5. The summed E-state index contributed by atoms with van der Waals surface area (Å²) in [5.74, 6) is -0.265. The summed E-state index contributed by atoms with van der Waals surface area (Å²) in [5, 5.41) is 14.1. The highest BCUT2D eigenvalue weighted by atomic mass is 32.2. The minimum Gasteiger partial charge on any atom is -0.480 e. The Morgan fingerprint density at radius 1 is 1.28 bits per heavy atom. The van der Waals surface area contributed by atoms with Gasteiger partial charge in [0, 0.05) is 6.54 Å². The molecule has 6 heteroatoms. The molecule has 3 N–H and O–H groups in total. The lowest BCUT2D eigenvalue weighted by Crippen LogP contribution is -2.46. The van der Waals surface area contributed by atoms with Crippen molar-refractivity contribution in [3.63, 3.8) is 0 Å². The maximum Gasteiger partial charge on any atom is 0.326 e. The monoisotopic (exact) mass is 276 g/mol. The molecule has 0 saturated heterocycles. The number of urea groups is 1. The van der Waals surface area contributed by atoms with Crippen LogP contribution >= 0.6 is 11.8 Å². The Balaban J connectivity index is 3.77. The molecule has 0 aliphatic carbocycles. The molecular formula is C12H24N2O3S. The van der Waals surface area contributed by atoms with Gasteiger partial charge in [-0.25, -0.2) is 9.59 Å². The fourth-order valence-corrected chi connectivity index (χ4v) is 1.93. The molecule has 0 aromatic heterocycles. The number of hydrogen-bond acceptors (Lipinski definition) is 3. The molecule has 2 amide bonds. The molecule has 0 saturated carbocycles. The number of thioether (sulfide) groups is 1. The van der Waals surface area contributed by atoms with Gasteiger partial charge in [-0.05, 0) is 24.9 Å². The predicted molar refractivity (Wildman–Crippen MR) is 75.1 cm³/mol. The van der Waals surface area contributed by atoms with Gasteiger partial charge in [0.15, 0.2) is 0 Å². The Kier molecular flexibility index (Phi) is 10.6. The largest absolute Gasteiger partial charge is 0.480 e. The van der Waals surface area contributed by atoms with Crippen LogP contribution in [-0.2, 0) is 4.79 Å². The van der Waals surface area contributed by atoms with E-state index < -0.39 is 12.0 Å². The Labute approximate surface area is 113 Å². The van der Waals surface area contributed by atoms with E-state index in [4.69, 9.17) is 5.11 Å². The van der Waals surface area contributed by atoms with Crippen LogP contribution in [-0.4, -0.2) is 41.7 Å². The minimum absolute atomic E-state index is 0.389. The Hall–Kier alpha value is -0.910. The summed E-state index contributed by atoms with van der Waals surface area (Å²) in [6.07, 6.45) is 6.69. The number of rotatable bonds is 10. The smallest absolute Gasteiger partial charge is 0.326 e. The van der Waals surface area contributed by atoms with Gasteiger partial charge in [-0.15, -0.1) is 0 Å². The van der Waals surface area contributed by atoms with Gasteiger partial charge in [0.05, 0.1) is 0 Å². The first-order valence-corrected chi connectivity index (χ1v) is 7.77. The third kappa shape index (κ3) is 9.15. The standard InChI is InChI=1S/C12H24N2O3S/c1-3-4-5-6-8-13-12(17)14-10(11(15)16)7-9-18-2/h10H,3-9H2,1-2H3,(H,15,16)(H2,13,14,17)/t10-/m0/s1. The molecule has 5 nitrogen and oxygen atoms in total. The molecule has 0 fully saturated rings. The lowest BCUT2D eigenvalue weighted by Gasteiger charge is -2.14. The van der Waals surface area contributed by atoms with Gasteiger partial charge in [0.1, 0.15) is 6.04 Å². The van der Waals surface area contributed by atoms with Crippen LogP contribution in [0.15, 0.2) is 0 Å². The zero-order chi connectivity index (χ0) is 13.8. The average molecular weight is 276 g/mol. The first kappa shape index (κ1) is 17.1. The molecule has 0 bridgehead atoms. The number of nitrogens with one attached hydrogen (secondary N) is 2. The molecule has 0 aromatic rings. The first-order chi connectivity index (χ1) is 8.61. The second-order valence-electron chi connectivity index (χ2n) is 4.13. The lowest BCUT2D eigenvalue weighted by molar-refractivity contribution is -0.139. The topological polar surface area (TPSA) is 78.4 Å². The van der Waals surface area contributed by atoms with Gasteiger partial charge in [0.2, 0.25) is 0 Å². The van der Waals surface area contributed by atoms with Crippen LogP contribution < -0.4 is 10.6 Å². The van der Waals surface area contributed by atoms with Crippen LogP contribution in [0, 0.1) is 0 Å². The lowest BCUT2D eigenvalue weighted by atomic mass is 10.2. The Morgan fingerprint density at radius 3 is 2.56 bits per heavy atom. The number of carboxylic acid groups (broad SMARTS) is 1. The highest BCUT2D eigenvalue weighted by molar-refractivity contribution is 7.98. The third-order valence-corrected chi connectivity index (χ3v) is 3.17. The molecule has 0 aliphatic heterocycles. The van der Waals surface area contributed by atoms with E-state index in [1.165, 1.54) is 0 Å². The Bertz CT molecular complexity index is 249. The molecule has 0 heterocycles. The number of unbranched alkanes of at least 4 members (excludes halogenated alkanes) is 3. The summed E-state index contributed by atoms with van der Waals surface area (Å²) in [4.78, 5) is 22.4. The third-order valence-electron chi connectivity index (χ3n) is 2.53. The number of aliphatic carboxylic acids is 1. The van der Waals surface area contributed by atoms with Crippen LogP contribution in [0.3, 0.4) is 0 Å². The highest BCUT2D eigenvalue weighted by Gasteiger charge is 2.18. The van der Waals surface area contributed by atoms with Crippen molar-refractivity contribution in [1.29, 1.82) is 0 Å². The van der Waals surface area contributed by atoms with E-state index in [0.29, 0.717) is 18.7 Å². The minimum atomic E-state index is -0.981. The number of carboxylic acids is 1. The molecule has 0 aromatic carbocycles. The molecular weight excluding hydrogens is 252 g/mol. The van der Waals surface area contributed by atoms with Gasteiger partial charge < -0.3 is 15.7 Å². The van der Waals surface area contributed by atoms with Crippen molar-refractivity contribution >= 4 is 23.8 Å². The molecule has 18 heavy (non-hydrogen) atoms. The van der Waals surface area contributed by atoms with Crippen molar-refractivity contribution in [3.05, 3.63) is 0 Å². The van der Waals surface area contributed by atoms with E-state index in [0.717, 1.165) is 25.7 Å². The summed E-state index contributed by atoms with van der Waals surface area (Å²) in [5.41, 5.74) is 0. The van der Waals surface area contributed by atoms with Gasteiger partial charge in [0.25, 0.3) is 0 Å². The summed E-state index contributed by atoms with van der Waals surface area (Å²) in [7, 11) is 0. The molecule has 0 rings (SSSR count). The number of amides is 2. The highest BCUT2D eigenvalue weighted by Crippen LogP contribution is 2.01. The van der Waals surface area contributed by atoms with Gasteiger partial charge >= 0.3 is 12.0 Å². The van der Waals surface area contributed by atoms with Crippen molar-refractivity contribution < 1.29 is 14.7 Å². The molecule has 0 spiro atoms. The van der Waals surface area contributed by atoms with Crippen molar-refractivity contribution in [2.75, 3.05) is 18.6 Å². The summed E-state index contributed by atoms with van der Waals surface area (Å²) in [6, 6.07) is -1.19. The number of carbonyl (C=O) groups is 2. The van der Waals surface area contributed by atoms with E-state index in [1.807, 2.05) is 6.26 Å². The second-order valence-corrected chi connectivity index (χ2v) is 5.12. The van der Waals surface area contributed by atoms with Crippen molar-refractivity contribution in [2.45, 2.75) is 45.1 Å². The predicted octanol–water partition coefficient (Wildman–Crippen LogP) is 2.07. The van der Waals surface area contributed by atoms with Gasteiger partial charge in [-0.3, -0.25) is 0 Å². The van der Waals surface area contributed by atoms with Gasteiger partial charge in [-0.1, -0.05) is 26.2 Å². The zero-order valence-electron chi connectivity index (χ0n) is 11.2. The van der Waals surface area contributed by atoms with Gasteiger partial charge in [-0.2, -0.15) is 11.8 Å². The van der Waals surface area contributed by atoms with E-state index in [1.54, 1.807) is 11.8 Å². The Morgan fingerprint density at radius 2 is 2.00 bits per heavy atom. The zero-order valence-corrected chi connectivity index (χ0v) is 12.0. The molecule has 0 aliphatic rings. The maximum absolute atomic E-state index is 11.5. The van der Waals surface area contributed by atoms with Crippen LogP contribution in [0.5, 0.6) is 0 Å². The summed E-state index contributed by atoms with van der Waals surface area (Å²) >= 11 is 1.57. The van der Waals surface area contributed by atoms with Crippen molar-refractivity contribution in [2.24, 2.45) is 0 Å². The van der Waals surface area contributed by atoms with E-state index in [9.17, 15) is 9.59 Å². The van der Waals surface area contributed by atoms with Crippen LogP contribution in [0.25, 0.3) is 0 Å². The number of hydrogen-bond donors (Lipinski definition) is 3. The van der Waals surface area contributed by atoms with E-state index >= 15 is 0 Å². The normalized spacial score (nSPS) is 11.9.